The van der Waals surface area contributed by atoms with Gasteiger partial charge in [-0.1, -0.05) is 76.2 Å². The first-order chi connectivity index (χ1) is 16.8. The molecule has 0 bridgehead atoms. The van der Waals surface area contributed by atoms with Gasteiger partial charge in [0.25, 0.3) is 17.7 Å². The highest BCUT2D eigenvalue weighted by molar-refractivity contribution is 9.10. The van der Waals surface area contributed by atoms with Crippen molar-refractivity contribution in [1.82, 2.24) is 4.90 Å². The first-order valence-corrected chi connectivity index (χ1v) is 13.0. The molecule has 0 fully saturated rings. The van der Waals surface area contributed by atoms with E-state index in [-0.39, 0.29) is 43.6 Å². The van der Waals surface area contributed by atoms with Crippen molar-refractivity contribution in [1.29, 1.82) is 0 Å². The molecule has 192 valence electrons. The number of esters is 1. The number of amides is 3. The standard InChI is InChI=1S/C24H21BrCl4N2O5/c1-9(2)5-14(24(35)36-8-15(32)30-13-7-10(3)12(25)6-11(13)4)31-22(33)16-17(23(31)34)19(27)21(29)20(28)18(16)26/h6-7,9,14H,5,8H2,1-4H3,(H,30,32)/t14-/m1/s1. The van der Waals surface area contributed by atoms with Crippen molar-refractivity contribution in [3.8, 4) is 0 Å². The van der Waals surface area contributed by atoms with Crippen LogP contribution >= 0.6 is 62.3 Å². The Hall–Kier alpha value is -1.84. The Kier molecular flexibility index (Phi) is 8.99. The molecule has 2 aromatic rings. The fourth-order valence-corrected chi connectivity index (χ4v) is 5.21. The van der Waals surface area contributed by atoms with Gasteiger partial charge >= 0.3 is 5.97 Å². The summed E-state index contributed by atoms with van der Waals surface area (Å²) >= 11 is 28.0. The van der Waals surface area contributed by atoms with Gasteiger partial charge in [0.15, 0.2) is 6.61 Å². The summed E-state index contributed by atoms with van der Waals surface area (Å²) in [6, 6.07) is 2.31. The molecule has 0 unspecified atom stereocenters. The van der Waals surface area contributed by atoms with Crippen molar-refractivity contribution >= 4 is 91.7 Å². The van der Waals surface area contributed by atoms with Crippen LogP contribution in [0.25, 0.3) is 0 Å². The van der Waals surface area contributed by atoms with E-state index in [1.165, 1.54) is 0 Å². The topological polar surface area (TPSA) is 92.8 Å². The van der Waals surface area contributed by atoms with Gasteiger partial charge in [-0.3, -0.25) is 19.3 Å². The molecule has 0 spiro atoms. The Balaban J connectivity index is 1.82. The van der Waals surface area contributed by atoms with Crippen LogP contribution in [0, 0.1) is 19.8 Å². The van der Waals surface area contributed by atoms with E-state index in [9.17, 15) is 19.2 Å². The minimum absolute atomic E-state index is 0.0770. The third kappa shape index (κ3) is 5.53. The lowest BCUT2D eigenvalue weighted by Gasteiger charge is -2.26. The summed E-state index contributed by atoms with van der Waals surface area (Å²) in [6.07, 6.45) is 0.0770. The number of nitrogens with zero attached hydrogens (tertiary/aromatic N) is 1. The van der Waals surface area contributed by atoms with Crippen LogP contribution in [0.2, 0.25) is 20.1 Å². The van der Waals surface area contributed by atoms with Crippen molar-refractivity contribution in [3.63, 3.8) is 0 Å². The zero-order valence-electron chi connectivity index (χ0n) is 19.6. The molecule has 12 heteroatoms. The maximum Gasteiger partial charge on any atom is 0.329 e. The van der Waals surface area contributed by atoms with Crippen LogP contribution < -0.4 is 5.32 Å². The quantitative estimate of drug-likeness (QED) is 0.155. The number of fused-ring (bicyclic) bond motifs is 1. The zero-order chi connectivity index (χ0) is 27.1. The van der Waals surface area contributed by atoms with E-state index in [2.05, 4.69) is 21.2 Å². The average molecular weight is 639 g/mol. The fraction of sp³-hybridized carbons (Fsp3) is 0.333. The lowest BCUT2D eigenvalue weighted by Crippen LogP contribution is -2.47. The number of carbonyl (C=O) groups is 4. The Bertz CT molecular complexity index is 1250. The van der Waals surface area contributed by atoms with Crippen LogP contribution in [0.5, 0.6) is 0 Å². The maximum atomic E-state index is 13.2. The van der Waals surface area contributed by atoms with Crippen molar-refractivity contribution < 1.29 is 23.9 Å². The van der Waals surface area contributed by atoms with Crippen LogP contribution in [0.3, 0.4) is 0 Å². The average Bonchev–Trinajstić information content (AvgIpc) is 3.06. The van der Waals surface area contributed by atoms with E-state index < -0.39 is 36.3 Å². The smallest absolute Gasteiger partial charge is 0.329 e. The second-order valence-corrected chi connectivity index (χ2v) is 11.1. The van der Waals surface area contributed by atoms with Gasteiger partial charge in [0.2, 0.25) is 0 Å². The maximum absolute atomic E-state index is 13.2. The number of carbonyl (C=O) groups excluding carboxylic acids is 4. The summed E-state index contributed by atoms with van der Waals surface area (Å²) in [5.74, 6) is -3.33. The van der Waals surface area contributed by atoms with E-state index in [1.54, 1.807) is 19.9 Å². The number of ether oxygens (including phenoxy) is 1. The van der Waals surface area contributed by atoms with Crippen molar-refractivity contribution in [2.75, 3.05) is 11.9 Å². The number of halogens is 5. The highest BCUT2D eigenvalue weighted by atomic mass is 79.9. The molecule has 2 aromatic carbocycles. The molecule has 0 radical (unpaired) electrons. The minimum atomic E-state index is -1.33. The number of rotatable bonds is 7. The van der Waals surface area contributed by atoms with Gasteiger partial charge in [0, 0.05) is 10.2 Å². The molecule has 1 heterocycles. The van der Waals surface area contributed by atoms with Crippen molar-refractivity contribution in [2.24, 2.45) is 5.92 Å². The van der Waals surface area contributed by atoms with E-state index in [0.29, 0.717) is 5.69 Å². The third-order valence-electron chi connectivity index (χ3n) is 5.54. The van der Waals surface area contributed by atoms with Crippen LogP contribution in [-0.2, 0) is 14.3 Å². The number of benzene rings is 2. The summed E-state index contributed by atoms with van der Waals surface area (Å²) < 4.78 is 6.12. The molecule has 0 aromatic heterocycles. The molecule has 1 aliphatic rings. The summed E-state index contributed by atoms with van der Waals surface area (Å²) in [5.41, 5.74) is 1.81. The molecule has 0 saturated carbocycles. The van der Waals surface area contributed by atoms with Gasteiger partial charge in [-0.05, 0) is 49.4 Å². The predicted octanol–water partition coefficient (Wildman–Crippen LogP) is 6.87. The molecule has 7 nitrogen and oxygen atoms in total. The monoisotopic (exact) mass is 636 g/mol. The molecule has 1 N–H and O–H groups in total. The largest absolute Gasteiger partial charge is 0.454 e. The van der Waals surface area contributed by atoms with Gasteiger partial charge in [0.05, 0.1) is 31.2 Å². The molecule has 0 aliphatic carbocycles. The van der Waals surface area contributed by atoms with Crippen LogP contribution in [-0.4, -0.2) is 41.2 Å². The van der Waals surface area contributed by atoms with E-state index >= 15 is 0 Å². The van der Waals surface area contributed by atoms with E-state index in [1.807, 2.05) is 19.9 Å². The fourth-order valence-electron chi connectivity index (χ4n) is 3.74. The second kappa shape index (κ2) is 11.3. The molecular weight excluding hydrogens is 618 g/mol. The summed E-state index contributed by atoms with van der Waals surface area (Å²) in [7, 11) is 0. The third-order valence-corrected chi connectivity index (χ3v) is 8.19. The van der Waals surface area contributed by atoms with E-state index in [0.717, 1.165) is 20.5 Å². The highest BCUT2D eigenvalue weighted by Gasteiger charge is 2.47. The number of anilines is 1. The Morgan fingerprint density at radius 1 is 0.944 bits per heavy atom. The second-order valence-electron chi connectivity index (χ2n) is 8.70. The summed E-state index contributed by atoms with van der Waals surface area (Å²) in [5, 5.41) is 1.86. The Labute approximate surface area is 236 Å². The number of aryl methyl sites for hydroxylation is 2. The van der Waals surface area contributed by atoms with Crippen molar-refractivity contribution in [2.45, 2.75) is 40.2 Å². The van der Waals surface area contributed by atoms with Gasteiger partial charge in [-0.15, -0.1) is 0 Å². The molecule has 3 rings (SSSR count). The minimum Gasteiger partial charge on any atom is -0.454 e. The van der Waals surface area contributed by atoms with Crippen LogP contribution in [0.15, 0.2) is 16.6 Å². The number of nitrogens with one attached hydrogen (secondary N) is 1. The normalized spacial score (nSPS) is 13.8. The number of imide groups is 1. The number of hydrogen-bond donors (Lipinski definition) is 1. The SMILES string of the molecule is Cc1cc(NC(=O)COC(=O)[C@@H](CC(C)C)N2C(=O)c3c(Cl)c(Cl)c(Cl)c(Cl)c3C2=O)c(C)cc1Br. The van der Waals surface area contributed by atoms with Crippen LogP contribution in [0.1, 0.15) is 52.1 Å². The Morgan fingerprint density at radius 3 is 1.97 bits per heavy atom. The number of hydrogen-bond acceptors (Lipinski definition) is 5. The lowest BCUT2D eigenvalue weighted by molar-refractivity contribution is -0.151. The Morgan fingerprint density at radius 2 is 1.47 bits per heavy atom. The first kappa shape index (κ1) is 28.7. The molecule has 0 saturated heterocycles. The van der Waals surface area contributed by atoms with Crippen molar-refractivity contribution in [3.05, 3.63) is 58.9 Å². The molecular formula is C24H21BrCl4N2O5. The van der Waals surface area contributed by atoms with E-state index in [4.69, 9.17) is 51.1 Å². The first-order valence-electron chi connectivity index (χ1n) is 10.7. The zero-order valence-corrected chi connectivity index (χ0v) is 24.2. The lowest BCUT2D eigenvalue weighted by atomic mass is 10.0. The molecule has 36 heavy (non-hydrogen) atoms. The highest BCUT2D eigenvalue weighted by Crippen LogP contribution is 2.45. The summed E-state index contributed by atoms with van der Waals surface area (Å²) in [6.45, 7) is 6.68. The van der Waals surface area contributed by atoms with Gasteiger partial charge in [0.1, 0.15) is 6.04 Å². The summed E-state index contributed by atoms with van der Waals surface area (Å²) in [4.78, 5) is 52.7. The molecule has 3 amide bonds. The van der Waals surface area contributed by atoms with Gasteiger partial charge < -0.3 is 10.1 Å². The van der Waals surface area contributed by atoms with Gasteiger partial charge in [-0.25, -0.2) is 4.79 Å². The van der Waals surface area contributed by atoms with Gasteiger partial charge in [-0.2, -0.15) is 0 Å². The molecule has 1 atom stereocenters. The van der Waals surface area contributed by atoms with Crippen LogP contribution in [0.4, 0.5) is 5.69 Å². The predicted molar refractivity (Wildman–Crippen MR) is 143 cm³/mol. The molecule has 1 aliphatic heterocycles.